The molecule has 24 heavy (non-hydrogen) atoms. The molecule has 0 spiro atoms. The van der Waals surface area contributed by atoms with Crippen LogP contribution in [0.3, 0.4) is 0 Å². The van der Waals surface area contributed by atoms with Gasteiger partial charge in [-0.25, -0.2) is 13.8 Å². The van der Waals surface area contributed by atoms with Crippen molar-refractivity contribution < 1.29 is 18.4 Å². The Morgan fingerprint density at radius 3 is 2.42 bits per heavy atom. The van der Waals surface area contributed by atoms with E-state index in [0.717, 1.165) is 23.8 Å². The number of aromatic nitrogens is 1. The minimum Gasteiger partial charge on any atom is -0.298 e. The minimum absolute atomic E-state index is 0.0479. The first-order valence-electron chi connectivity index (χ1n) is 7.96. The topological polar surface area (TPSA) is 47.0 Å². The van der Waals surface area contributed by atoms with E-state index >= 15 is 0 Å². The maximum Gasteiger partial charge on any atom is 0.152 e. The average molecular weight is 347 g/mol. The lowest BCUT2D eigenvalue weighted by Crippen LogP contribution is -2.35. The quantitative estimate of drug-likeness (QED) is 0.770. The van der Waals surface area contributed by atoms with Crippen LogP contribution >= 0.6 is 11.3 Å². The molecule has 2 saturated carbocycles. The fraction of sp³-hybridized carbons (Fsp3) is 0.389. The summed E-state index contributed by atoms with van der Waals surface area (Å²) >= 11 is 1.23. The highest BCUT2D eigenvalue weighted by atomic mass is 32.1. The van der Waals surface area contributed by atoms with Gasteiger partial charge in [0.1, 0.15) is 22.6 Å². The molecule has 2 aliphatic carbocycles. The van der Waals surface area contributed by atoms with Crippen LogP contribution in [-0.4, -0.2) is 16.6 Å². The molecule has 2 aromatic rings. The van der Waals surface area contributed by atoms with Crippen molar-refractivity contribution in [3.05, 3.63) is 40.4 Å². The van der Waals surface area contributed by atoms with Crippen molar-refractivity contribution >= 4 is 22.9 Å². The number of nitrogens with zero attached hydrogens (tertiary/aromatic N) is 1. The molecule has 1 heterocycles. The molecule has 0 saturated heterocycles. The summed E-state index contributed by atoms with van der Waals surface area (Å²) in [7, 11) is 0. The van der Waals surface area contributed by atoms with Gasteiger partial charge in [0.25, 0.3) is 0 Å². The molecule has 1 unspecified atom stereocenters. The van der Waals surface area contributed by atoms with Gasteiger partial charge in [-0.2, -0.15) is 0 Å². The first-order valence-corrected chi connectivity index (χ1v) is 8.77. The van der Waals surface area contributed by atoms with Crippen LogP contribution in [0, 0.1) is 30.4 Å². The Morgan fingerprint density at radius 1 is 1.12 bits per heavy atom. The Bertz CT molecular complexity index is 839. The fourth-order valence-electron chi connectivity index (χ4n) is 3.83. The number of thiazole rings is 1. The van der Waals surface area contributed by atoms with E-state index in [1.807, 2.05) is 0 Å². The normalized spacial score (nSPS) is 26.2. The third kappa shape index (κ3) is 2.32. The van der Waals surface area contributed by atoms with Crippen molar-refractivity contribution in [2.45, 2.75) is 32.1 Å². The molecule has 1 aromatic carbocycles. The van der Waals surface area contributed by atoms with Gasteiger partial charge in [0.2, 0.25) is 0 Å². The third-order valence-electron chi connectivity index (χ3n) is 5.07. The zero-order valence-corrected chi connectivity index (χ0v) is 13.8. The second-order valence-electron chi connectivity index (χ2n) is 6.53. The summed E-state index contributed by atoms with van der Waals surface area (Å²) < 4.78 is 27.1. The number of benzene rings is 1. The van der Waals surface area contributed by atoms with E-state index in [1.54, 1.807) is 6.92 Å². The van der Waals surface area contributed by atoms with E-state index in [-0.39, 0.29) is 29.0 Å². The number of halogens is 2. The van der Waals surface area contributed by atoms with Gasteiger partial charge in [-0.3, -0.25) is 9.59 Å². The third-order valence-corrected chi connectivity index (χ3v) is 6.09. The molecular weight excluding hydrogens is 332 g/mol. The molecule has 3 nitrogen and oxygen atoms in total. The highest BCUT2D eigenvalue weighted by molar-refractivity contribution is 7.15. The molecule has 1 aromatic heterocycles. The van der Waals surface area contributed by atoms with E-state index in [0.29, 0.717) is 17.1 Å². The first kappa shape index (κ1) is 15.6. The van der Waals surface area contributed by atoms with Gasteiger partial charge in [0.05, 0.1) is 5.69 Å². The van der Waals surface area contributed by atoms with E-state index < -0.39 is 17.6 Å². The summed E-state index contributed by atoms with van der Waals surface area (Å²) in [5.74, 6) is -2.36. The molecule has 0 radical (unpaired) electrons. The maximum absolute atomic E-state index is 14.0. The molecule has 2 fully saturated rings. The highest BCUT2D eigenvalue weighted by Gasteiger charge is 2.48. The molecule has 2 aliphatic rings. The number of hydrogen-bond acceptors (Lipinski definition) is 4. The van der Waals surface area contributed by atoms with Crippen LogP contribution in [-0.2, 0) is 9.59 Å². The summed E-state index contributed by atoms with van der Waals surface area (Å²) in [6, 6.07) is 3.32. The number of aryl methyl sites for hydroxylation is 1. The lowest BCUT2D eigenvalue weighted by Gasteiger charge is -2.24. The summed E-state index contributed by atoms with van der Waals surface area (Å²) in [4.78, 5) is 30.4. The van der Waals surface area contributed by atoms with E-state index in [4.69, 9.17) is 0 Å². The molecule has 0 aliphatic heterocycles. The van der Waals surface area contributed by atoms with Crippen LogP contribution in [0.15, 0.2) is 18.2 Å². The van der Waals surface area contributed by atoms with Crippen molar-refractivity contribution in [2.75, 3.05) is 0 Å². The van der Waals surface area contributed by atoms with Crippen LogP contribution in [0.1, 0.15) is 35.8 Å². The largest absolute Gasteiger partial charge is 0.298 e. The van der Waals surface area contributed by atoms with E-state index in [1.165, 1.54) is 23.5 Å². The Hall–Kier alpha value is -1.95. The lowest BCUT2D eigenvalue weighted by atomic mass is 9.77. The molecule has 0 amide bonds. The second kappa shape index (κ2) is 5.55. The van der Waals surface area contributed by atoms with Crippen molar-refractivity contribution in [1.29, 1.82) is 0 Å². The molecule has 124 valence electrons. The Labute approximate surface area is 141 Å². The van der Waals surface area contributed by atoms with Gasteiger partial charge in [-0.1, -0.05) is 0 Å². The maximum atomic E-state index is 14.0. The number of Topliss-reactive ketones (excluding diaryl/α,β-unsaturated/α-hetero) is 2. The SMILES string of the molecule is Cc1sc(-c2ccc(F)cc2F)nc1C1C(=O)[C@@H]2CC[C@@H](C2)C1=O. The average Bonchev–Trinajstić information content (AvgIpc) is 3.12. The number of rotatable bonds is 2. The molecule has 2 bridgehead atoms. The predicted molar refractivity (Wildman–Crippen MR) is 85.8 cm³/mol. The van der Waals surface area contributed by atoms with Gasteiger partial charge in [-0.05, 0) is 38.3 Å². The summed E-state index contributed by atoms with van der Waals surface area (Å²) in [6.07, 6.45) is 2.21. The van der Waals surface area contributed by atoms with Crippen molar-refractivity contribution in [1.82, 2.24) is 4.98 Å². The standard InChI is InChI=1S/C18H15F2NO2S/c1-8-15(14-16(22)9-2-3-10(6-9)17(14)23)21-18(24-8)12-5-4-11(19)7-13(12)20/h4-5,7,9-10,14H,2-3,6H2,1H3/t9-,10+,14?. The Balaban J connectivity index is 1.76. The zero-order valence-electron chi connectivity index (χ0n) is 13.0. The Kier molecular flexibility index (Phi) is 3.60. The predicted octanol–water partition coefficient (Wildman–Crippen LogP) is 4.05. The Morgan fingerprint density at radius 2 is 1.79 bits per heavy atom. The van der Waals surface area contributed by atoms with Crippen molar-refractivity contribution in [3.63, 3.8) is 0 Å². The second-order valence-corrected chi connectivity index (χ2v) is 7.73. The summed E-state index contributed by atoms with van der Waals surface area (Å²) in [5.41, 5.74) is 0.639. The van der Waals surface area contributed by atoms with Gasteiger partial charge >= 0.3 is 0 Å². The van der Waals surface area contributed by atoms with Crippen LogP contribution in [0.4, 0.5) is 8.78 Å². The molecule has 0 N–H and O–H groups in total. The van der Waals surface area contributed by atoms with Gasteiger partial charge in [-0.15, -0.1) is 11.3 Å². The molecule has 6 heteroatoms. The molecular formula is C18H15F2NO2S. The van der Waals surface area contributed by atoms with Crippen molar-refractivity contribution in [3.8, 4) is 10.6 Å². The van der Waals surface area contributed by atoms with Crippen LogP contribution in [0.25, 0.3) is 10.6 Å². The number of ketones is 2. The van der Waals surface area contributed by atoms with Gasteiger partial charge in [0.15, 0.2) is 11.6 Å². The van der Waals surface area contributed by atoms with Crippen molar-refractivity contribution in [2.24, 2.45) is 11.8 Å². The number of fused-ring (bicyclic) bond motifs is 2. The number of carbonyl (C=O) groups excluding carboxylic acids is 2. The molecule has 4 rings (SSSR count). The van der Waals surface area contributed by atoms with E-state index in [9.17, 15) is 18.4 Å². The zero-order chi connectivity index (χ0) is 17.0. The highest BCUT2D eigenvalue weighted by Crippen LogP contribution is 2.45. The molecule has 3 atom stereocenters. The van der Waals surface area contributed by atoms with Crippen LogP contribution < -0.4 is 0 Å². The van der Waals surface area contributed by atoms with Gasteiger partial charge in [0, 0.05) is 28.3 Å². The van der Waals surface area contributed by atoms with Crippen LogP contribution in [0.2, 0.25) is 0 Å². The monoisotopic (exact) mass is 347 g/mol. The lowest BCUT2D eigenvalue weighted by molar-refractivity contribution is -0.136. The summed E-state index contributed by atoms with van der Waals surface area (Å²) in [5, 5.41) is 0.374. The smallest absolute Gasteiger partial charge is 0.152 e. The number of carbonyl (C=O) groups is 2. The summed E-state index contributed by atoms with van der Waals surface area (Å²) in [6.45, 7) is 1.79. The first-order chi connectivity index (χ1) is 11.5. The van der Waals surface area contributed by atoms with Gasteiger partial charge < -0.3 is 0 Å². The number of hydrogen-bond donors (Lipinski definition) is 0. The minimum atomic E-state index is -0.815. The van der Waals surface area contributed by atoms with Crippen LogP contribution in [0.5, 0.6) is 0 Å². The van der Waals surface area contributed by atoms with E-state index in [2.05, 4.69) is 4.98 Å². The fourth-order valence-corrected chi connectivity index (χ4v) is 4.81.